The molecule has 2 unspecified atom stereocenters. The van der Waals surface area contributed by atoms with Crippen LogP contribution in [0.25, 0.3) is 0 Å². The molecule has 0 aromatic rings. The summed E-state index contributed by atoms with van der Waals surface area (Å²) in [5.41, 5.74) is 1.56. The Morgan fingerprint density at radius 3 is 2.81 bits per heavy atom. The van der Waals surface area contributed by atoms with E-state index in [1.54, 1.807) is 5.57 Å². The van der Waals surface area contributed by atoms with Crippen LogP contribution in [0, 0.1) is 5.92 Å². The van der Waals surface area contributed by atoms with Gasteiger partial charge in [-0.05, 0) is 38.9 Å². The summed E-state index contributed by atoms with van der Waals surface area (Å²) < 4.78 is 0. The molecule has 1 aliphatic heterocycles. The Morgan fingerprint density at radius 1 is 1.38 bits per heavy atom. The molecular formula is C13H24N2O. The van der Waals surface area contributed by atoms with Crippen LogP contribution in [0.3, 0.4) is 0 Å². The molecule has 1 N–H and O–H groups in total. The highest BCUT2D eigenvalue weighted by atomic mass is 16.3. The van der Waals surface area contributed by atoms with Gasteiger partial charge in [0.1, 0.15) is 6.73 Å². The van der Waals surface area contributed by atoms with Gasteiger partial charge >= 0.3 is 0 Å². The fraction of sp³-hybridized carbons (Fsp3) is 0.846. The van der Waals surface area contributed by atoms with Crippen molar-refractivity contribution < 1.29 is 5.11 Å². The molecule has 2 aliphatic rings. The third kappa shape index (κ3) is 2.41. The minimum Gasteiger partial charge on any atom is -0.376 e. The number of hydrogen-bond donors (Lipinski definition) is 1. The molecule has 92 valence electrons. The van der Waals surface area contributed by atoms with Gasteiger partial charge in [0.05, 0.1) is 0 Å². The highest BCUT2D eigenvalue weighted by Gasteiger charge is 2.35. The highest BCUT2D eigenvalue weighted by molar-refractivity contribution is 5.18. The van der Waals surface area contributed by atoms with Crippen molar-refractivity contribution in [2.45, 2.75) is 38.1 Å². The van der Waals surface area contributed by atoms with Crippen molar-refractivity contribution >= 4 is 0 Å². The van der Waals surface area contributed by atoms with Crippen LogP contribution in [0.5, 0.6) is 0 Å². The first-order valence-corrected chi connectivity index (χ1v) is 6.44. The van der Waals surface area contributed by atoms with Crippen molar-refractivity contribution in [1.82, 2.24) is 9.80 Å². The summed E-state index contributed by atoms with van der Waals surface area (Å²) in [6.07, 6.45) is 8.65. The lowest BCUT2D eigenvalue weighted by Crippen LogP contribution is -2.35. The number of aliphatic hydroxyl groups excluding tert-OH is 1. The van der Waals surface area contributed by atoms with Gasteiger partial charge in [0.2, 0.25) is 0 Å². The lowest BCUT2D eigenvalue weighted by molar-refractivity contribution is 0.0915. The first kappa shape index (κ1) is 11.9. The number of aliphatic hydroxyl groups is 1. The lowest BCUT2D eigenvalue weighted by Gasteiger charge is -2.32. The number of rotatable bonds is 4. The lowest BCUT2D eigenvalue weighted by atomic mass is 9.81. The standard InChI is InChI=1S/C13H24N2O/c1-14(2)8-7-11-9-15(10-16)13-6-4-3-5-12(11)13/h9,12-13,16H,3-8,10H2,1-2H3. The van der Waals surface area contributed by atoms with E-state index in [1.807, 2.05) is 0 Å². The summed E-state index contributed by atoms with van der Waals surface area (Å²) in [5, 5.41) is 9.37. The van der Waals surface area contributed by atoms with E-state index < -0.39 is 0 Å². The van der Waals surface area contributed by atoms with Gasteiger partial charge in [-0.2, -0.15) is 0 Å². The van der Waals surface area contributed by atoms with Crippen molar-refractivity contribution in [3.63, 3.8) is 0 Å². The van der Waals surface area contributed by atoms with Crippen LogP contribution in [0.15, 0.2) is 11.8 Å². The minimum atomic E-state index is 0.187. The Hall–Kier alpha value is -0.540. The molecule has 0 radical (unpaired) electrons. The molecule has 0 amide bonds. The van der Waals surface area contributed by atoms with Crippen molar-refractivity contribution in [3.05, 3.63) is 11.8 Å². The number of nitrogens with zero attached hydrogens (tertiary/aromatic N) is 2. The zero-order valence-corrected chi connectivity index (χ0v) is 10.5. The summed E-state index contributed by atoms with van der Waals surface area (Å²) in [6, 6.07) is 0.593. The van der Waals surface area contributed by atoms with E-state index in [4.69, 9.17) is 0 Å². The maximum atomic E-state index is 9.37. The third-order valence-electron chi connectivity index (χ3n) is 3.97. The fourth-order valence-corrected chi connectivity index (χ4v) is 3.09. The van der Waals surface area contributed by atoms with Crippen LogP contribution in [0.2, 0.25) is 0 Å². The largest absolute Gasteiger partial charge is 0.376 e. The van der Waals surface area contributed by atoms with Crippen LogP contribution in [-0.2, 0) is 0 Å². The first-order chi connectivity index (χ1) is 7.72. The quantitative estimate of drug-likeness (QED) is 0.786. The van der Waals surface area contributed by atoms with Crippen molar-refractivity contribution in [2.24, 2.45) is 5.92 Å². The molecule has 0 aromatic carbocycles. The molecular weight excluding hydrogens is 200 g/mol. The summed E-state index contributed by atoms with van der Waals surface area (Å²) in [6.45, 7) is 1.31. The molecule has 1 aliphatic carbocycles. The Morgan fingerprint density at radius 2 is 2.12 bits per heavy atom. The molecule has 3 nitrogen and oxygen atoms in total. The minimum absolute atomic E-state index is 0.187. The van der Waals surface area contributed by atoms with E-state index in [9.17, 15) is 5.11 Å². The molecule has 0 bridgehead atoms. The normalized spacial score (nSPS) is 29.5. The van der Waals surface area contributed by atoms with Crippen molar-refractivity contribution in [3.8, 4) is 0 Å². The van der Waals surface area contributed by atoms with E-state index >= 15 is 0 Å². The van der Waals surface area contributed by atoms with Crippen molar-refractivity contribution in [2.75, 3.05) is 27.4 Å². The predicted octanol–water partition coefficient (Wildman–Crippen LogP) is 1.65. The smallest absolute Gasteiger partial charge is 0.115 e. The summed E-state index contributed by atoms with van der Waals surface area (Å²) >= 11 is 0. The zero-order valence-electron chi connectivity index (χ0n) is 10.5. The highest BCUT2D eigenvalue weighted by Crippen LogP contribution is 2.39. The Balaban J connectivity index is 1.99. The maximum Gasteiger partial charge on any atom is 0.115 e. The summed E-state index contributed by atoms with van der Waals surface area (Å²) in [7, 11) is 4.25. The summed E-state index contributed by atoms with van der Waals surface area (Å²) in [4.78, 5) is 4.38. The number of hydrogen-bond acceptors (Lipinski definition) is 3. The molecule has 0 spiro atoms. The van der Waals surface area contributed by atoms with Crippen LogP contribution in [0.4, 0.5) is 0 Å². The van der Waals surface area contributed by atoms with Gasteiger partial charge in [-0.25, -0.2) is 0 Å². The van der Waals surface area contributed by atoms with Gasteiger partial charge < -0.3 is 14.9 Å². The topological polar surface area (TPSA) is 26.7 Å². The second-order valence-electron chi connectivity index (χ2n) is 5.37. The van der Waals surface area contributed by atoms with Gasteiger partial charge in [0.25, 0.3) is 0 Å². The fourth-order valence-electron chi connectivity index (χ4n) is 3.09. The first-order valence-electron chi connectivity index (χ1n) is 6.44. The molecule has 3 heteroatoms. The van der Waals surface area contributed by atoms with Gasteiger partial charge in [-0.15, -0.1) is 0 Å². The molecule has 2 atom stereocenters. The molecule has 1 saturated carbocycles. The molecule has 0 aromatic heterocycles. The molecule has 1 heterocycles. The number of fused-ring (bicyclic) bond motifs is 1. The van der Waals surface area contributed by atoms with Crippen LogP contribution < -0.4 is 0 Å². The third-order valence-corrected chi connectivity index (χ3v) is 3.97. The van der Waals surface area contributed by atoms with E-state index in [1.165, 1.54) is 25.7 Å². The van der Waals surface area contributed by atoms with E-state index in [0.717, 1.165) is 18.9 Å². The van der Waals surface area contributed by atoms with Crippen LogP contribution >= 0.6 is 0 Å². The average molecular weight is 224 g/mol. The van der Waals surface area contributed by atoms with Gasteiger partial charge in [-0.3, -0.25) is 0 Å². The average Bonchev–Trinajstić information content (AvgIpc) is 2.65. The Kier molecular flexibility index (Phi) is 3.87. The maximum absolute atomic E-state index is 9.37. The van der Waals surface area contributed by atoms with Gasteiger partial charge in [0.15, 0.2) is 0 Å². The molecule has 2 rings (SSSR count). The second-order valence-corrected chi connectivity index (χ2v) is 5.37. The molecule has 16 heavy (non-hydrogen) atoms. The van der Waals surface area contributed by atoms with Gasteiger partial charge in [-0.1, -0.05) is 12.8 Å². The van der Waals surface area contributed by atoms with Gasteiger partial charge in [0, 0.05) is 24.7 Å². The Labute approximate surface area is 98.7 Å². The second kappa shape index (κ2) is 5.19. The summed E-state index contributed by atoms with van der Waals surface area (Å²) in [5.74, 6) is 0.723. The van der Waals surface area contributed by atoms with Crippen LogP contribution in [0.1, 0.15) is 32.1 Å². The molecule has 0 saturated heterocycles. The van der Waals surface area contributed by atoms with E-state index in [2.05, 4.69) is 30.1 Å². The predicted molar refractivity (Wildman–Crippen MR) is 65.9 cm³/mol. The van der Waals surface area contributed by atoms with Crippen LogP contribution in [-0.4, -0.2) is 48.3 Å². The molecule has 1 fully saturated rings. The monoisotopic (exact) mass is 224 g/mol. The Bertz CT molecular complexity index is 263. The van der Waals surface area contributed by atoms with Crippen molar-refractivity contribution in [1.29, 1.82) is 0 Å². The van der Waals surface area contributed by atoms with E-state index in [-0.39, 0.29) is 6.73 Å². The SMILES string of the molecule is CN(C)CCC1=CN(CO)C2CCCCC12. The zero-order chi connectivity index (χ0) is 11.5. The van der Waals surface area contributed by atoms with E-state index in [0.29, 0.717) is 6.04 Å².